The number of nitrogens with zero attached hydrogens (tertiary/aromatic N) is 3. The monoisotopic (exact) mass is 280 g/mol. The molecule has 2 aromatic rings. The Morgan fingerprint density at radius 1 is 1.38 bits per heavy atom. The van der Waals surface area contributed by atoms with Gasteiger partial charge >= 0.3 is 6.01 Å². The van der Waals surface area contributed by atoms with Crippen molar-refractivity contribution in [1.82, 2.24) is 15.1 Å². The van der Waals surface area contributed by atoms with Crippen molar-refractivity contribution in [3.8, 4) is 11.5 Å². The zero-order valence-electron chi connectivity index (χ0n) is 8.35. The maximum absolute atomic E-state index is 5.08. The van der Waals surface area contributed by atoms with Crippen molar-refractivity contribution in [2.75, 3.05) is 5.32 Å². The Bertz CT molecular complexity index is 492. The summed E-state index contributed by atoms with van der Waals surface area (Å²) in [6, 6.07) is 4.72. The van der Waals surface area contributed by atoms with Crippen LogP contribution in [0, 0.1) is 0 Å². The lowest BCUT2D eigenvalue weighted by molar-refractivity contribution is 0.431. The molecule has 16 heavy (non-hydrogen) atoms. The Labute approximate surface area is 100 Å². The molecule has 0 aliphatic heterocycles. The van der Waals surface area contributed by atoms with Crippen LogP contribution in [0.3, 0.4) is 0 Å². The van der Waals surface area contributed by atoms with E-state index in [0.29, 0.717) is 23.6 Å². The van der Waals surface area contributed by atoms with Gasteiger partial charge in [0.1, 0.15) is 5.69 Å². The van der Waals surface area contributed by atoms with Gasteiger partial charge in [-0.1, -0.05) is 5.16 Å². The molecule has 0 aromatic carbocycles. The molecular formula is C10H9BrN4O. The van der Waals surface area contributed by atoms with Crippen molar-refractivity contribution < 1.29 is 4.52 Å². The summed E-state index contributed by atoms with van der Waals surface area (Å²) >= 11 is 3.33. The van der Waals surface area contributed by atoms with Crippen molar-refractivity contribution in [2.45, 2.75) is 18.9 Å². The number of pyridine rings is 1. The van der Waals surface area contributed by atoms with Crippen LogP contribution in [0.2, 0.25) is 0 Å². The number of hydrogen-bond donors (Lipinski definition) is 1. The highest BCUT2D eigenvalue weighted by molar-refractivity contribution is 9.10. The van der Waals surface area contributed by atoms with E-state index in [1.54, 1.807) is 6.20 Å². The lowest BCUT2D eigenvalue weighted by atomic mass is 10.3. The lowest BCUT2D eigenvalue weighted by Gasteiger charge is -1.93. The van der Waals surface area contributed by atoms with E-state index in [1.165, 1.54) is 12.8 Å². The molecule has 0 unspecified atom stereocenters. The summed E-state index contributed by atoms with van der Waals surface area (Å²) in [5.74, 6) is 0.510. The minimum absolute atomic E-state index is 0.474. The van der Waals surface area contributed by atoms with Crippen molar-refractivity contribution in [3.63, 3.8) is 0 Å². The minimum Gasteiger partial charge on any atom is -0.335 e. The van der Waals surface area contributed by atoms with E-state index in [4.69, 9.17) is 4.52 Å². The van der Waals surface area contributed by atoms with Crippen LogP contribution in [0.5, 0.6) is 0 Å². The standard InChI is InChI=1S/C10H9BrN4O/c11-6-1-4-8(12-5-6)9-14-10(16-15-9)13-7-2-3-7/h1,4-5,7H,2-3H2,(H,13,14,15). The molecule has 1 saturated carbocycles. The van der Waals surface area contributed by atoms with Gasteiger partial charge in [0.2, 0.25) is 5.82 Å². The fraction of sp³-hybridized carbons (Fsp3) is 0.300. The zero-order chi connectivity index (χ0) is 11.0. The van der Waals surface area contributed by atoms with Gasteiger partial charge in [-0.3, -0.25) is 4.98 Å². The van der Waals surface area contributed by atoms with E-state index in [2.05, 4.69) is 36.4 Å². The first kappa shape index (κ1) is 9.77. The molecule has 0 saturated heterocycles. The molecule has 3 rings (SSSR count). The van der Waals surface area contributed by atoms with E-state index >= 15 is 0 Å². The third-order valence-electron chi connectivity index (χ3n) is 2.29. The molecule has 1 fully saturated rings. The summed E-state index contributed by atoms with van der Waals surface area (Å²) in [5.41, 5.74) is 0.704. The highest BCUT2D eigenvalue weighted by Crippen LogP contribution is 2.25. The van der Waals surface area contributed by atoms with Crippen LogP contribution in [0.25, 0.3) is 11.5 Å². The molecule has 0 radical (unpaired) electrons. The van der Waals surface area contributed by atoms with Crippen molar-refractivity contribution in [1.29, 1.82) is 0 Å². The number of nitrogens with one attached hydrogen (secondary N) is 1. The number of anilines is 1. The number of halogens is 1. The molecule has 2 aromatic heterocycles. The van der Waals surface area contributed by atoms with E-state index in [0.717, 1.165) is 4.47 Å². The molecule has 6 heteroatoms. The van der Waals surface area contributed by atoms with Crippen LogP contribution in [0.15, 0.2) is 27.3 Å². The Hall–Kier alpha value is -1.43. The number of rotatable bonds is 3. The Balaban J connectivity index is 1.82. The third kappa shape index (κ3) is 2.06. The topological polar surface area (TPSA) is 63.8 Å². The molecule has 0 atom stereocenters. The smallest absolute Gasteiger partial charge is 0.322 e. The fourth-order valence-electron chi connectivity index (χ4n) is 1.30. The Morgan fingerprint density at radius 2 is 2.25 bits per heavy atom. The highest BCUT2D eigenvalue weighted by atomic mass is 79.9. The van der Waals surface area contributed by atoms with Gasteiger partial charge in [0, 0.05) is 16.7 Å². The largest absolute Gasteiger partial charge is 0.335 e. The summed E-state index contributed by atoms with van der Waals surface area (Å²) in [7, 11) is 0. The van der Waals surface area contributed by atoms with Crippen LogP contribution >= 0.6 is 15.9 Å². The summed E-state index contributed by atoms with van der Waals surface area (Å²) in [4.78, 5) is 8.42. The molecule has 0 bridgehead atoms. The average molecular weight is 281 g/mol. The van der Waals surface area contributed by atoms with E-state index in [9.17, 15) is 0 Å². The number of hydrogen-bond acceptors (Lipinski definition) is 5. The van der Waals surface area contributed by atoms with Crippen molar-refractivity contribution in [2.24, 2.45) is 0 Å². The van der Waals surface area contributed by atoms with Crippen LogP contribution in [0.1, 0.15) is 12.8 Å². The molecule has 0 amide bonds. The Morgan fingerprint density at radius 3 is 2.94 bits per heavy atom. The number of aromatic nitrogens is 3. The van der Waals surface area contributed by atoms with Gasteiger partial charge in [-0.05, 0) is 40.9 Å². The second-order valence-corrected chi connectivity index (χ2v) is 4.62. The molecule has 1 aliphatic carbocycles. The molecular weight excluding hydrogens is 272 g/mol. The first-order chi connectivity index (χ1) is 7.81. The SMILES string of the molecule is Brc1ccc(-c2noc(NC3CC3)n2)nc1. The van der Waals surface area contributed by atoms with Gasteiger partial charge in [0.05, 0.1) is 0 Å². The van der Waals surface area contributed by atoms with E-state index < -0.39 is 0 Å². The summed E-state index contributed by atoms with van der Waals surface area (Å²) < 4.78 is 6.00. The molecule has 1 N–H and O–H groups in total. The molecule has 2 heterocycles. The first-order valence-corrected chi connectivity index (χ1v) is 5.83. The second-order valence-electron chi connectivity index (χ2n) is 3.70. The zero-order valence-corrected chi connectivity index (χ0v) is 9.94. The normalized spacial score (nSPS) is 15.1. The predicted molar refractivity (Wildman–Crippen MR) is 61.9 cm³/mol. The van der Waals surface area contributed by atoms with Crippen molar-refractivity contribution >= 4 is 21.9 Å². The van der Waals surface area contributed by atoms with E-state index in [1.807, 2.05) is 12.1 Å². The first-order valence-electron chi connectivity index (χ1n) is 5.03. The fourth-order valence-corrected chi connectivity index (χ4v) is 1.53. The van der Waals surface area contributed by atoms with Crippen LogP contribution < -0.4 is 5.32 Å². The van der Waals surface area contributed by atoms with Gasteiger partial charge in [-0.2, -0.15) is 4.98 Å². The molecule has 82 valence electrons. The molecule has 1 aliphatic rings. The second kappa shape index (κ2) is 3.86. The minimum atomic E-state index is 0.474. The lowest BCUT2D eigenvalue weighted by Crippen LogP contribution is -2.00. The highest BCUT2D eigenvalue weighted by Gasteiger charge is 2.23. The van der Waals surface area contributed by atoms with E-state index in [-0.39, 0.29) is 0 Å². The van der Waals surface area contributed by atoms with Gasteiger partial charge in [-0.15, -0.1) is 0 Å². The van der Waals surface area contributed by atoms with Crippen LogP contribution in [-0.4, -0.2) is 21.2 Å². The summed E-state index contributed by atoms with van der Waals surface area (Å²) in [6.45, 7) is 0. The molecule has 0 spiro atoms. The van der Waals surface area contributed by atoms with Gasteiger partial charge in [0.25, 0.3) is 0 Å². The quantitative estimate of drug-likeness (QED) is 0.936. The van der Waals surface area contributed by atoms with Gasteiger partial charge < -0.3 is 9.84 Å². The van der Waals surface area contributed by atoms with Crippen molar-refractivity contribution in [3.05, 3.63) is 22.8 Å². The Kier molecular flexibility index (Phi) is 2.36. The summed E-state index contributed by atoms with van der Waals surface area (Å²) in [5, 5.41) is 7.01. The van der Waals surface area contributed by atoms with Gasteiger partial charge in [0.15, 0.2) is 0 Å². The van der Waals surface area contributed by atoms with Gasteiger partial charge in [-0.25, -0.2) is 0 Å². The van der Waals surface area contributed by atoms with Crippen LogP contribution in [-0.2, 0) is 0 Å². The van der Waals surface area contributed by atoms with Crippen LogP contribution in [0.4, 0.5) is 6.01 Å². The average Bonchev–Trinajstić information content (AvgIpc) is 2.97. The maximum Gasteiger partial charge on any atom is 0.322 e. The third-order valence-corrected chi connectivity index (χ3v) is 2.76. The summed E-state index contributed by atoms with van der Waals surface area (Å²) in [6.07, 6.45) is 4.06. The predicted octanol–water partition coefficient (Wildman–Crippen LogP) is 2.47. The molecule has 5 nitrogen and oxygen atoms in total. The maximum atomic E-state index is 5.08.